The summed E-state index contributed by atoms with van der Waals surface area (Å²) < 4.78 is 0. The first-order valence-electron chi connectivity index (χ1n) is 5.72. The zero-order chi connectivity index (χ0) is 11.2. The highest BCUT2D eigenvalue weighted by Crippen LogP contribution is 2.07. The minimum Gasteiger partial charge on any atom is -0.356 e. The third-order valence-corrected chi connectivity index (χ3v) is 2.77. The largest absolute Gasteiger partial charge is 0.356 e. The molecule has 0 saturated carbocycles. The predicted molar refractivity (Wildman–Crippen MR) is 61.9 cm³/mol. The molecule has 1 amide bonds. The lowest BCUT2D eigenvalue weighted by atomic mass is 9.99. The van der Waals surface area contributed by atoms with Gasteiger partial charge in [0.05, 0.1) is 0 Å². The summed E-state index contributed by atoms with van der Waals surface area (Å²) in [5, 5.41) is 6.08. The molecule has 0 bridgehead atoms. The average Bonchev–Trinajstić information content (AvgIpc) is 2.25. The van der Waals surface area contributed by atoms with Crippen LogP contribution in [0.1, 0.15) is 12.1 Å². The Balaban J connectivity index is 1.62. The third kappa shape index (κ3) is 3.31. The molecule has 86 valence electrons. The van der Waals surface area contributed by atoms with Gasteiger partial charge in [-0.25, -0.2) is 0 Å². The molecule has 1 aliphatic heterocycles. The van der Waals surface area contributed by atoms with Gasteiger partial charge in [-0.15, -0.1) is 0 Å². The van der Waals surface area contributed by atoms with Crippen molar-refractivity contribution in [1.82, 2.24) is 15.6 Å². The van der Waals surface area contributed by atoms with Crippen molar-refractivity contribution in [2.45, 2.75) is 12.8 Å². The smallest absolute Gasteiger partial charge is 0.220 e. The Morgan fingerprint density at radius 1 is 1.50 bits per heavy atom. The lowest BCUT2D eigenvalue weighted by Crippen LogP contribution is -2.44. The van der Waals surface area contributed by atoms with Gasteiger partial charge in [0.25, 0.3) is 0 Å². The molecule has 0 atom stereocenters. The lowest BCUT2D eigenvalue weighted by molar-refractivity contribution is -0.122. The first-order chi connectivity index (χ1) is 7.84. The monoisotopic (exact) mass is 219 g/mol. The summed E-state index contributed by atoms with van der Waals surface area (Å²) in [5.41, 5.74) is 1.02. The van der Waals surface area contributed by atoms with Gasteiger partial charge in [0, 0.05) is 31.3 Å². The van der Waals surface area contributed by atoms with Gasteiger partial charge < -0.3 is 10.6 Å². The molecule has 0 unspecified atom stereocenters. The molecular weight excluding hydrogens is 202 g/mol. The minimum atomic E-state index is 0.155. The normalized spacial score (nSPS) is 15.5. The summed E-state index contributed by atoms with van der Waals surface area (Å²) in [5.74, 6) is 0.692. The number of rotatable bonds is 5. The lowest BCUT2D eigenvalue weighted by Gasteiger charge is -2.26. The van der Waals surface area contributed by atoms with E-state index in [9.17, 15) is 4.79 Å². The highest BCUT2D eigenvalue weighted by atomic mass is 16.1. The van der Waals surface area contributed by atoms with Gasteiger partial charge in [0.15, 0.2) is 0 Å². The first-order valence-corrected chi connectivity index (χ1v) is 5.72. The molecular formula is C12H17N3O. The van der Waals surface area contributed by atoms with E-state index in [4.69, 9.17) is 0 Å². The number of amides is 1. The van der Waals surface area contributed by atoms with Crippen LogP contribution >= 0.6 is 0 Å². The number of carbonyl (C=O) groups is 1. The molecule has 1 fully saturated rings. The zero-order valence-electron chi connectivity index (χ0n) is 9.28. The average molecular weight is 219 g/mol. The van der Waals surface area contributed by atoms with Crippen LogP contribution in [-0.2, 0) is 11.2 Å². The molecule has 0 radical (unpaired) electrons. The van der Waals surface area contributed by atoms with Crippen LogP contribution < -0.4 is 10.6 Å². The Labute approximate surface area is 95.5 Å². The number of hydrogen-bond donors (Lipinski definition) is 2. The molecule has 1 saturated heterocycles. The van der Waals surface area contributed by atoms with Crippen molar-refractivity contribution in [3.63, 3.8) is 0 Å². The standard InChI is InChI=1S/C12H17N3O/c16-12(7-10-8-13-9-10)15-6-4-11-3-1-2-5-14-11/h1-3,5,10,13H,4,6-9H2,(H,15,16). The molecule has 1 aromatic heterocycles. The van der Waals surface area contributed by atoms with E-state index in [0.717, 1.165) is 25.2 Å². The summed E-state index contributed by atoms with van der Waals surface area (Å²) >= 11 is 0. The summed E-state index contributed by atoms with van der Waals surface area (Å²) in [7, 11) is 0. The second kappa shape index (κ2) is 5.61. The van der Waals surface area contributed by atoms with Gasteiger partial charge in [0.1, 0.15) is 0 Å². The molecule has 16 heavy (non-hydrogen) atoms. The topological polar surface area (TPSA) is 54.0 Å². The van der Waals surface area contributed by atoms with E-state index in [1.807, 2.05) is 18.2 Å². The van der Waals surface area contributed by atoms with Crippen molar-refractivity contribution in [2.75, 3.05) is 19.6 Å². The maximum absolute atomic E-state index is 11.5. The molecule has 4 heteroatoms. The van der Waals surface area contributed by atoms with Crippen LogP contribution in [0, 0.1) is 5.92 Å². The maximum atomic E-state index is 11.5. The van der Waals surface area contributed by atoms with E-state index in [2.05, 4.69) is 15.6 Å². The Bertz CT molecular complexity index is 335. The Hall–Kier alpha value is -1.42. The molecule has 0 aliphatic carbocycles. The van der Waals surface area contributed by atoms with E-state index >= 15 is 0 Å². The Morgan fingerprint density at radius 2 is 2.38 bits per heavy atom. The van der Waals surface area contributed by atoms with E-state index < -0.39 is 0 Å². The van der Waals surface area contributed by atoms with Crippen molar-refractivity contribution in [1.29, 1.82) is 0 Å². The van der Waals surface area contributed by atoms with Gasteiger partial charge in [-0.3, -0.25) is 9.78 Å². The van der Waals surface area contributed by atoms with Crippen LogP contribution in [0.25, 0.3) is 0 Å². The van der Waals surface area contributed by atoms with Gasteiger partial charge in [-0.1, -0.05) is 6.07 Å². The van der Waals surface area contributed by atoms with Gasteiger partial charge in [-0.2, -0.15) is 0 Å². The van der Waals surface area contributed by atoms with Crippen molar-refractivity contribution < 1.29 is 4.79 Å². The fourth-order valence-electron chi connectivity index (χ4n) is 1.70. The fourth-order valence-corrected chi connectivity index (χ4v) is 1.70. The van der Waals surface area contributed by atoms with E-state index in [1.54, 1.807) is 6.20 Å². The molecule has 1 aromatic rings. The van der Waals surface area contributed by atoms with E-state index in [0.29, 0.717) is 18.9 Å². The fraction of sp³-hybridized carbons (Fsp3) is 0.500. The quantitative estimate of drug-likeness (QED) is 0.751. The number of carbonyl (C=O) groups excluding carboxylic acids is 1. The zero-order valence-corrected chi connectivity index (χ0v) is 9.28. The third-order valence-electron chi connectivity index (χ3n) is 2.77. The molecule has 2 rings (SSSR count). The molecule has 0 aromatic carbocycles. The summed E-state index contributed by atoms with van der Waals surface area (Å²) in [6.45, 7) is 2.64. The van der Waals surface area contributed by atoms with Crippen molar-refractivity contribution >= 4 is 5.91 Å². The maximum Gasteiger partial charge on any atom is 0.220 e. The van der Waals surface area contributed by atoms with Gasteiger partial charge in [-0.05, 0) is 31.1 Å². The van der Waals surface area contributed by atoms with Crippen molar-refractivity contribution in [3.8, 4) is 0 Å². The molecule has 1 aliphatic rings. The molecule has 2 heterocycles. The highest BCUT2D eigenvalue weighted by Gasteiger charge is 2.19. The number of nitrogens with one attached hydrogen (secondary N) is 2. The molecule has 4 nitrogen and oxygen atoms in total. The predicted octanol–water partition coefficient (Wildman–Crippen LogP) is 0.350. The van der Waals surface area contributed by atoms with Crippen LogP contribution in [0.5, 0.6) is 0 Å². The molecule has 0 spiro atoms. The van der Waals surface area contributed by atoms with Crippen LogP contribution in [0.3, 0.4) is 0 Å². The van der Waals surface area contributed by atoms with Crippen LogP contribution in [0.2, 0.25) is 0 Å². The number of hydrogen-bond acceptors (Lipinski definition) is 3. The summed E-state index contributed by atoms with van der Waals surface area (Å²) in [6.07, 6.45) is 3.22. The Morgan fingerprint density at radius 3 is 3.00 bits per heavy atom. The van der Waals surface area contributed by atoms with Crippen LogP contribution in [-0.4, -0.2) is 30.5 Å². The minimum absolute atomic E-state index is 0.155. The van der Waals surface area contributed by atoms with Crippen LogP contribution in [0.15, 0.2) is 24.4 Å². The van der Waals surface area contributed by atoms with E-state index in [-0.39, 0.29) is 5.91 Å². The van der Waals surface area contributed by atoms with Gasteiger partial charge >= 0.3 is 0 Å². The van der Waals surface area contributed by atoms with Gasteiger partial charge in [0.2, 0.25) is 5.91 Å². The van der Waals surface area contributed by atoms with Crippen LogP contribution in [0.4, 0.5) is 0 Å². The van der Waals surface area contributed by atoms with Crippen molar-refractivity contribution in [2.24, 2.45) is 5.92 Å². The summed E-state index contributed by atoms with van der Waals surface area (Å²) in [6, 6.07) is 5.83. The number of aromatic nitrogens is 1. The van der Waals surface area contributed by atoms with Crippen molar-refractivity contribution in [3.05, 3.63) is 30.1 Å². The highest BCUT2D eigenvalue weighted by molar-refractivity contribution is 5.76. The Kier molecular flexibility index (Phi) is 3.88. The summed E-state index contributed by atoms with van der Waals surface area (Å²) in [4.78, 5) is 15.7. The SMILES string of the molecule is O=C(CC1CNC1)NCCc1ccccn1. The second-order valence-corrected chi connectivity index (χ2v) is 4.15. The van der Waals surface area contributed by atoms with E-state index in [1.165, 1.54) is 0 Å². The molecule has 2 N–H and O–H groups in total. The second-order valence-electron chi connectivity index (χ2n) is 4.15. The first kappa shape index (κ1) is 11.1. The number of pyridine rings is 1. The number of nitrogens with zero attached hydrogens (tertiary/aromatic N) is 1.